The van der Waals surface area contributed by atoms with E-state index in [0.29, 0.717) is 39.6 Å². The highest BCUT2D eigenvalue weighted by Crippen LogP contribution is 1.92. The summed E-state index contributed by atoms with van der Waals surface area (Å²) in [5.41, 5.74) is 0. The molecule has 4 nitrogen and oxygen atoms in total. The molecule has 0 aliphatic carbocycles. The van der Waals surface area contributed by atoms with E-state index in [1.807, 2.05) is 0 Å². The van der Waals surface area contributed by atoms with Gasteiger partial charge in [-0.2, -0.15) is 0 Å². The summed E-state index contributed by atoms with van der Waals surface area (Å²) < 4.78 is 15.6. The Labute approximate surface area is 98.2 Å². The molecule has 0 amide bonds. The quantitative estimate of drug-likeness (QED) is 0.408. The summed E-state index contributed by atoms with van der Waals surface area (Å²) in [7, 11) is 0. The van der Waals surface area contributed by atoms with Crippen molar-refractivity contribution in [2.24, 2.45) is 0 Å². The van der Waals surface area contributed by atoms with E-state index >= 15 is 0 Å². The monoisotopic (exact) mass is 232 g/mol. The molecule has 0 radical (unpaired) electrons. The van der Waals surface area contributed by atoms with Gasteiger partial charge >= 0.3 is 0 Å². The van der Waals surface area contributed by atoms with Gasteiger partial charge in [0.1, 0.15) is 6.10 Å². The SMILES string of the molecule is C=CCOCCOCC(O)COCCCC. The number of aliphatic hydroxyl groups excluding tert-OH is 1. The number of ether oxygens (including phenoxy) is 3. The molecule has 0 aromatic carbocycles. The van der Waals surface area contributed by atoms with Crippen LogP contribution in [-0.2, 0) is 14.2 Å². The maximum Gasteiger partial charge on any atom is 0.101 e. The zero-order valence-electron chi connectivity index (χ0n) is 10.2. The Morgan fingerprint density at radius 3 is 2.38 bits per heavy atom. The molecule has 0 aromatic rings. The van der Waals surface area contributed by atoms with E-state index in [2.05, 4.69) is 13.5 Å². The maximum atomic E-state index is 9.44. The predicted molar refractivity (Wildman–Crippen MR) is 63.6 cm³/mol. The van der Waals surface area contributed by atoms with Crippen LogP contribution in [0, 0.1) is 0 Å². The molecular formula is C12H24O4. The van der Waals surface area contributed by atoms with Gasteiger partial charge in [0, 0.05) is 6.61 Å². The third-order valence-electron chi connectivity index (χ3n) is 1.87. The van der Waals surface area contributed by atoms with Gasteiger partial charge in [-0.1, -0.05) is 19.4 Å². The van der Waals surface area contributed by atoms with Gasteiger partial charge in [-0.05, 0) is 6.42 Å². The minimum absolute atomic E-state index is 0.295. The zero-order chi connectivity index (χ0) is 12.1. The zero-order valence-corrected chi connectivity index (χ0v) is 10.2. The third kappa shape index (κ3) is 11.7. The van der Waals surface area contributed by atoms with E-state index < -0.39 is 6.10 Å². The van der Waals surface area contributed by atoms with Crippen LogP contribution in [0.3, 0.4) is 0 Å². The first kappa shape index (κ1) is 15.6. The molecule has 0 aliphatic heterocycles. The summed E-state index contributed by atoms with van der Waals surface area (Å²) in [5, 5.41) is 9.44. The molecule has 16 heavy (non-hydrogen) atoms. The highest BCUT2D eigenvalue weighted by molar-refractivity contribution is 4.63. The Kier molecular flexibility index (Phi) is 12.3. The Morgan fingerprint density at radius 1 is 1.12 bits per heavy atom. The highest BCUT2D eigenvalue weighted by Gasteiger charge is 2.03. The molecule has 0 aliphatic rings. The van der Waals surface area contributed by atoms with Gasteiger partial charge in [-0.15, -0.1) is 6.58 Å². The Bertz CT molecular complexity index is 150. The first-order chi connectivity index (χ1) is 7.81. The first-order valence-corrected chi connectivity index (χ1v) is 5.83. The fraction of sp³-hybridized carbons (Fsp3) is 0.833. The summed E-state index contributed by atoms with van der Waals surface area (Å²) in [6.45, 7) is 8.52. The van der Waals surface area contributed by atoms with Crippen molar-refractivity contribution in [1.82, 2.24) is 0 Å². The molecule has 0 fully saturated rings. The summed E-state index contributed by atoms with van der Waals surface area (Å²) >= 11 is 0. The molecule has 96 valence electrons. The van der Waals surface area contributed by atoms with Gasteiger partial charge < -0.3 is 19.3 Å². The number of aliphatic hydroxyl groups is 1. The van der Waals surface area contributed by atoms with Crippen LogP contribution in [0.2, 0.25) is 0 Å². The van der Waals surface area contributed by atoms with Crippen molar-refractivity contribution in [2.45, 2.75) is 25.9 Å². The fourth-order valence-corrected chi connectivity index (χ4v) is 1.02. The van der Waals surface area contributed by atoms with E-state index in [-0.39, 0.29) is 0 Å². The lowest BCUT2D eigenvalue weighted by atomic mass is 10.3. The topological polar surface area (TPSA) is 47.9 Å². The van der Waals surface area contributed by atoms with E-state index in [1.165, 1.54) is 0 Å². The number of rotatable bonds is 12. The van der Waals surface area contributed by atoms with Gasteiger partial charge in [0.25, 0.3) is 0 Å². The van der Waals surface area contributed by atoms with Crippen molar-refractivity contribution >= 4 is 0 Å². The van der Waals surface area contributed by atoms with Gasteiger partial charge in [-0.25, -0.2) is 0 Å². The lowest BCUT2D eigenvalue weighted by Gasteiger charge is -2.11. The number of hydrogen-bond donors (Lipinski definition) is 1. The van der Waals surface area contributed by atoms with Crippen molar-refractivity contribution < 1.29 is 19.3 Å². The average Bonchev–Trinajstić information content (AvgIpc) is 2.29. The van der Waals surface area contributed by atoms with Gasteiger partial charge in [0.05, 0.1) is 33.0 Å². The van der Waals surface area contributed by atoms with Crippen molar-refractivity contribution in [1.29, 1.82) is 0 Å². The van der Waals surface area contributed by atoms with Crippen LogP contribution in [0.25, 0.3) is 0 Å². The standard InChI is InChI=1S/C12H24O4/c1-3-5-7-15-10-12(13)11-16-9-8-14-6-4-2/h4,12-13H,2-3,5-11H2,1H3. The lowest BCUT2D eigenvalue weighted by Crippen LogP contribution is -2.23. The number of hydrogen-bond acceptors (Lipinski definition) is 4. The maximum absolute atomic E-state index is 9.44. The minimum atomic E-state index is -0.545. The summed E-state index contributed by atoms with van der Waals surface area (Å²) in [4.78, 5) is 0. The van der Waals surface area contributed by atoms with Crippen molar-refractivity contribution in [3.8, 4) is 0 Å². The number of unbranched alkanes of at least 4 members (excludes halogenated alkanes) is 1. The van der Waals surface area contributed by atoms with Crippen LogP contribution in [0.5, 0.6) is 0 Å². The smallest absolute Gasteiger partial charge is 0.101 e. The van der Waals surface area contributed by atoms with E-state index in [9.17, 15) is 5.11 Å². The Morgan fingerprint density at radius 2 is 1.75 bits per heavy atom. The van der Waals surface area contributed by atoms with Crippen LogP contribution in [0.4, 0.5) is 0 Å². The Balaban J connectivity index is 3.10. The molecule has 0 rings (SSSR count). The van der Waals surface area contributed by atoms with Crippen LogP contribution in [-0.4, -0.2) is 50.9 Å². The van der Waals surface area contributed by atoms with Crippen LogP contribution in [0.1, 0.15) is 19.8 Å². The fourth-order valence-electron chi connectivity index (χ4n) is 1.02. The van der Waals surface area contributed by atoms with Gasteiger partial charge in [-0.3, -0.25) is 0 Å². The predicted octanol–water partition coefficient (Wildman–Crippen LogP) is 1.38. The van der Waals surface area contributed by atoms with E-state index in [1.54, 1.807) is 6.08 Å². The molecule has 4 heteroatoms. The minimum Gasteiger partial charge on any atom is -0.388 e. The second-order valence-electron chi connectivity index (χ2n) is 3.52. The largest absolute Gasteiger partial charge is 0.388 e. The summed E-state index contributed by atoms with van der Waals surface area (Å²) in [6, 6.07) is 0. The summed E-state index contributed by atoms with van der Waals surface area (Å²) in [5.74, 6) is 0. The van der Waals surface area contributed by atoms with E-state index in [4.69, 9.17) is 14.2 Å². The molecule has 0 aromatic heterocycles. The molecule has 0 saturated carbocycles. The first-order valence-electron chi connectivity index (χ1n) is 5.83. The average molecular weight is 232 g/mol. The van der Waals surface area contributed by atoms with Gasteiger partial charge in [0.2, 0.25) is 0 Å². The second-order valence-corrected chi connectivity index (χ2v) is 3.52. The van der Waals surface area contributed by atoms with Gasteiger partial charge in [0.15, 0.2) is 0 Å². The second kappa shape index (κ2) is 12.6. The van der Waals surface area contributed by atoms with Crippen molar-refractivity contribution in [2.75, 3.05) is 39.6 Å². The van der Waals surface area contributed by atoms with Crippen LogP contribution >= 0.6 is 0 Å². The molecule has 1 N–H and O–H groups in total. The van der Waals surface area contributed by atoms with E-state index in [0.717, 1.165) is 12.8 Å². The molecule has 0 saturated heterocycles. The van der Waals surface area contributed by atoms with Crippen molar-refractivity contribution in [3.05, 3.63) is 12.7 Å². The molecule has 0 heterocycles. The molecule has 1 unspecified atom stereocenters. The molecule has 1 atom stereocenters. The molecule has 0 bridgehead atoms. The normalized spacial score (nSPS) is 12.6. The lowest BCUT2D eigenvalue weighted by molar-refractivity contribution is -0.0305. The van der Waals surface area contributed by atoms with Crippen molar-refractivity contribution in [3.63, 3.8) is 0 Å². The third-order valence-corrected chi connectivity index (χ3v) is 1.87. The Hall–Kier alpha value is -0.420. The molecule has 0 spiro atoms. The highest BCUT2D eigenvalue weighted by atomic mass is 16.5. The van der Waals surface area contributed by atoms with Crippen LogP contribution < -0.4 is 0 Å². The molecular weight excluding hydrogens is 208 g/mol. The van der Waals surface area contributed by atoms with Crippen LogP contribution in [0.15, 0.2) is 12.7 Å². The summed E-state index contributed by atoms with van der Waals surface area (Å²) in [6.07, 6.45) is 3.28.